The number of hydrogen-bond donors (Lipinski definition) is 2. The third kappa shape index (κ3) is 2.44. The van der Waals surface area contributed by atoms with Crippen LogP contribution in [0.2, 0.25) is 0 Å². The van der Waals surface area contributed by atoms with Gasteiger partial charge in [-0.25, -0.2) is 13.9 Å². The minimum Gasteiger partial charge on any atom is -0.462 e. The Hall–Kier alpha value is -3.16. The molecule has 2 heterocycles. The van der Waals surface area contributed by atoms with E-state index in [9.17, 15) is 14.0 Å². The second-order valence-electron chi connectivity index (χ2n) is 4.76. The fraction of sp³-hybridized carbons (Fsp3) is 0.133. The minimum atomic E-state index is -0.799. The molecular formula is C15H13FN4O3. The summed E-state index contributed by atoms with van der Waals surface area (Å²) in [7, 11) is 0. The van der Waals surface area contributed by atoms with Crippen LogP contribution >= 0.6 is 0 Å². The number of fused-ring (bicyclic) bond motifs is 1. The predicted molar refractivity (Wildman–Crippen MR) is 82.0 cm³/mol. The van der Waals surface area contributed by atoms with Crippen molar-refractivity contribution in [2.45, 2.75) is 6.92 Å². The van der Waals surface area contributed by atoms with Gasteiger partial charge in [0, 0.05) is 0 Å². The Bertz CT molecular complexity index is 961. The van der Waals surface area contributed by atoms with Gasteiger partial charge in [-0.2, -0.15) is 5.10 Å². The first-order valence-electron chi connectivity index (χ1n) is 6.85. The van der Waals surface area contributed by atoms with Crippen LogP contribution in [0.3, 0.4) is 0 Å². The van der Waals surface area contributed by atoms with Crippen LogP contribution in [-0.2, 0) is 4.74 Å². The second-order valence-corrected chi connectivity index (χ2v) is 4.76. The van der Waals surface area contributed by atoms with E-state index in [4.69, 9.17) is 10.5 Å². The summed E-state index contributed by atoms with van der Waals surface area (Å²) in [5, 5.41) is 4.47. The first-order valence-corrected chi connectivity index (χ1v) is 6.85. The number of hydrogen-bond acceptors (Lipinski definition) is 5. The summed E-state index contributed by atoms with van der Waals surface area (Å²) in [4.78, 5) is 26.6. The predicted octanol–water partition coefficient (Wildman–Crippen LogP) is 1.61. The minimum absolute atomic E-state index is 0.0233. The smallest absolute Gasteiger partial charge is 0.345 e. The van der Waals surface area contributed by atoms with Gasteiger partial charge in [-0.3, -0.25) is 4.79 Å². The Morgan fingerprint density at radius 2 is 2.26 bits per heavy atom. The van der Waals surface area contributed by atoms with Crippen molar-refractivity contribution in [3.05, 3.63) is 52.2 Å². The van der Waals surface area contributed by atoms with Gasteiger partial charge < -0.3 is 15.5 Å². The summed E-state index contributed by atoms with van der Waals surface area (Å²) in [6, 6.07) is 5.71. The number of halogens is 1. The number of nitrogens with zero attached hydrogens (tertiary/aromatic N) is 2. The van der Waals surface area contributed by atoms with Crippen LogP contribution in [0.4, 0.5) is 10.1 Å². The van der Waals surface area contributed by atoms with Gasteiger partial charge in [-0.15, -0.1) is 0 Å². The zero-order valence-corrected chi connectivity index (χ0v) is 12.2. The molecule has 3 rings (SSSR count). The number of benzene rings is 1. The van der Waals surface area contributed by atoms with Gasteiger partial charge in [-0.1, -0.05) is 6.07 Å². The maximum atomic E-state index is 13.4. The molecule has 0 unspecified atom stereocenters. The number of nitrogen functional groups attached to an aromatic ring is 1. The van der Waals surface area contributed by atoms with Crippen LogP contribution < -0.4 is 11.3 Å². The van der Waals surface area contributed by atoms with E-state index < -0.39 is 17.3 Å². The molecule has 0 saturated carbocycles. The number of rotatable bonds is 3. The van der Waals surface area contributed by atoms with Gasteiger partial charge in [0.2, 0.25) is 0 Å². The van der Waals surface area contributed by atoms with Gasteiger partial charge in [0.05, 0.1) is 29.6 Å². The number of ether oxygens (including phenoxy) is 1. The largest absolute Gasteiger partial charge is 0.462 e. The Balaban J connectivity index is 2.23. The molecule has 0 aliphatic heterocycles. The highest BCUT2D eigenvalue weighted by Gasteiger charge is 2.21. The topological polar surface area (TPSA) is 103 Å². The van der Waals surface area contributed by atoms with E-state index in [-0.39, 0.29) is 23.5 Å². The van der Waals surface area contributed by atoms with Crippen LogP contribution in [-0.4, -0.2) is 27.3 Å². The highest BCUT2D eigenvalue weighted by atomic mass is 19.1. The van der Waals surface area contributed by atoms with Gasteiger partial charge in [0.1, 0.15) is 17.0 Å². The van der Waals surface area contributed by atoms with Crippen LogP contribution in [0.1, 0.15) is 17.3 Å². The lowest BCUT2D eigenvalue weighted by Crippen LogP contribution is -2.22. The van der Waals surface area contributed by atoms with Crippen LogP contribution in [0.15, 0.2) is 35.3 Å². The van der Waals surface area contributed by atoms with E-state index in [1.165, 1.54) is 29.1 Å². The van der Waals surface area contributed by atoms with Crippen molar-refractivity contribution in [1.82, 2.24) is 14.8 Å². The number of carbonyl (C=O) groups is 1. The average Bonchev–Trinajstić information content (AvgIpc) is 2.91. The number of nitrogens with one attached hydrogen (secondary N) is 1. The molecule has 0 amide bonds. The Labute approximate surface area is 129 Å². The summed E-state index contributed by atoms with van der Waals surface area (Å²) < 4.78 is 19.5. The standard InChI is InChI=1S/C15H13FN4O3/c1-2-23-15(22)11-12(17)10-7-18-20(13(10)19-14(11)21)9-5-3-4-8(16)6-9/h3-7H,2H2,1H3,(H3,17,19,21). The molecule has 3 N–H and O–H groups in total. The molecule has 0 radical (unpaired) electrons. The molecule has 0 fully saturated rings. The number of pyridine rings is 1. The van der Waals surface area contributed by atoms with E-state index in [2.05, 4.69) is 10.1 Å². The average molecular weight is 316 g/mol. The molecule has 0 saturated heterocycles. The Kier molecular flexibility index (Phi) is 3.57. The molecule has 0 aliphatic carbocycles. The molecule has 0 atom stereocenters. The molecule has 7 nitrogen and oxygen atoms in total. The van der Waals surface area contributed by atoms with E-state index in [1.807, 2.05) is 0 Å². The molecule has 3 aromatic rings. The first kappa shape index (κ1) is 14.8. The summed E-state index contributed by atoms with van der Waals surface area (Å²) in [6.45, 7) is 1.75. The van der Waals surface area contributed by atoms with Crippen molar-refractivity contribution in [3.8, 4) is 5.69 Å². The molecule has 0 aliphatic rings. The van der Waals surface area contributed by atoms with Crippen LogP contribution in [0, 0.1) is 5.82 Å². The molecular weight excluding hydrogens is 303 g/mol. The van der Waals surface area contributed by atoms with Crippen molar-refractivity contribution < 1.29 is 13.9 Å². The molecule has 118 valence electrons. The van der Waals surface area contributed by atoms with Crippen molar-refractivity contribution in [3.63, 3.8) is 0 Å². The Morgan fingerprint density at radius 3 is 2.96 bits per heavy atom. The fourth-order valence-electron chi connectivity index (χ4n) is 2.30. The number of carbonyl (C=O) groups excluding carboxylic acids is 1. The maximum absolute atomic E-state index is 13.4. The molecule has 8 heteroatoms. The highest BCUT2D eigenvalue weighted by Crippen LogP contribution is 2.23. The van der Waals surface area contributed by atoms with Crippen molar-refractivity contribution in [2.24, 2.45) is 0 Å². The molecule has 2 aromatic heterocycles. The Morgan fingerprint density at radius 1 is 1.48 bits per heavy atom. The number of esters is 1. The summed E-state index contributed by atoms with van der Waals surface area (Å²) in [5.74, 6) is -1.24. The number of aromatic amines is 1. The zero-order chi connectivity index (χ0) is 16.6. The monoisotopic (exact) mass is 316 g/mol. The molecule has 0 bridgehead atoms. The zero-order valence-electron chi connectivity index (χ0n) is 12.2. The quantitative estimate of drug-likeness (QED) is 0.715. The van der Waals surface area contributed by atoms with Crippen LogP contribution in [0.25, 0.3) is 16.7 Å². The van der Waals surface area contributed by atoms with Crippen molar-refractivity contribution in [1.29, 1.82) is 0 Å². The van der Waals surface area contributed by atoms with E-state index >= 15 is 0 Å². The van der Waals surface area contributed by atoms with Crippen molar-refractivity contribution >= 4 is 22.7 Å². The number of aromatic nitrogens is 3. The lowest BCUT2D eigenvalue weighted by Gasteiger charge is -2.07. The SMILES string of the molecule is CCOC(=O)c1c(N)c2cnn(-c3cccc(F)c3)c2[nH]c1=O. The van der Waals surface area contributed by atoms with Crippen LogP contribution in [0.5, 0.6) is 0 Å². The van der Waals surface area contributed by atoms with E-state index in [0.717, 1.165) is 0 Å². The maximum Gasteiger partial charge on any atom is 0.345 e. The van der Waals surface area contributed by atoms with E-state index in [0.29, 0.717) is 11.1 Å². The van der Waals surface area contributed by atoms with E-state index in [1.54, 1.807) is 13.0 Å². The second kappa shape index (κ2) is 5.56. The third-order valence-electron chi connectivity index (χ3n) is 3.32. The molecule has 23 heavy (non-hydrogen) atoms. The summed E-state index contributed by atoms with van der Waals surface area (Å²) >= 11 is 0. The number of H-pyrrole nitrogens is 1. The lowest BCUT2D eigenvalue weighted by atomic mass is 10.2. The summed E-state index contributed by atoms with van der Waals surface area (Å²) in [6.07, 6.45) is 1.40. The van der Waals surface area contributed by atoms with Gasteiger partial charge >= 0.3 is 5.97 Å². The van der Waals surface area contributed by atoms with Crippen molar-refractivity contribution in [2.75, 3.05) is 12.3 Å². The van der Waals surface area contributed by atoms with Gasteiger partial charge in [-0.05, 0) is 25.1 Å². The lowest BCUT2D eigenvalue weighted by molar-refractivity contribution is 0.0526. The molecule has 0 spiro atoms. The molecule has 1 aromatic carbocycles. The van der Waals surface area contributed by atoms with Gasteiger partial charge in [0.25, 0.3) is 5.56 Å². The number of nitrogens with two attached hydrogens (primary N) is 1. The fourth-order valence-corrected chi connectivity index (χ4v) is 2.30. The number of anilines is 1. The normalized spacial score (nSPS) is 10.9. The first-order chi connectivity index (χ1) is 11.0. The highest BCUT2D eigenvalue weighted by molar-refractivity contribution is 6.03. The third-order valence-corrected chi connectivity index (χ3v) is 3.32. The van der Waals surface area contributed by atoms with Gasteiger partial charge in [0.15, 0.2) is 0 Å². The summed E-state index contributed by atoms with van der Waals surface area (Å²) in [5.41, 5.74) is 5.63.